The topological polar surface area (TPSA) is 9.23 Å². The van der Waals surface area contributed by atoms with Gasteiger partial charge in [-0.15, -0.1) is 0 Å². The fourth-order valence-electron chi connectivity index (χ4n) is 3.58. The molecule has 1 nitrogen and oxygen atoms in total. The molecule has 28 heavy (non-hydrogen) atoms. The Morgan fingerprint density at radius 2 is 1.32 bits per heavy atom. The van der Waals surface area contributed by atoms with Crippen LogP contribution in [0.1, 0.15) is 55.2 Å². The molecule has 0 saturated heterocycles. The summed E-state index contributed by atoms with van der Waals surface area (Å²) in [5.41, 5.74) is -1.63. The molecule has 0 aliphatic heterocycles. The Labute approximate surface area is 159 Å². The molecule has 0 bridgehead atoms. The molecule has 3 rings (SSSR count). The molecular formula is C21H20F6O. The molecule has 152 valence electrons. The second-order valence-electron chi connectivity index (χ2n) is 7.45. The summed E-state index contributed by atoms with van der Waals surface area (Å²) in [6, 6.07) is 2.87. The first kappa shape index (κ1) is 20.6. The van der Waals surface area contributed by atoms with Crippen LogP contribution in [0.4, 0.5) is 26.3 Å². The van der Waals surface area contributed by atoms with Crippen LogP contribution in [0.2, 0.25) is 0 Å². The third-order valence-corrected chi connectivity index (χ3v) is 5.34. The Kier molecular flexibility index (Phi) is 5.64. The fraction of sp³-hybridized carbons (Fsp3) is 0.429. The van der Waals surface area contributed by atoms with Gasteiger partial charge in [-0.1, -0.05) is 19.8 Å². The fourth-order valence-corrected chi connectivity index (χ4v) is 3.58. The smallest absolute Gasteiger partial charge is 0.429 e. The van der Waals surface area contributed by atoms with Gasteiger partial charge in [0.2, 0.25) is 0 Å². The Bertz CT molecular complexity index is 825. The van der Waals surface area contributed by atoms with Crippen molar-refractivity contribution < 1.29 is 31.1 Å². The third kappa shape index (κ3) is 4.13. The molecule has 0 aromatic heterocycles. The van der Waals surface area contributed by atoms with Gasteiger partial charge in [-0.05, 0) is 49.3 Å². The molecule has 1 fully saturated rings. The lowest BCUT2D eigenvalue weighted by Crippen LogP contribution is -2.26. The van der Waals surface area contributed by atoms with Gasteiger partial charge in [-0.25, -0.2) is 17.6 Å². The van der Waals surface area contributed by atoms with E-state index >= 15 is 0 Å². The van der Waals surface area contributed by atoms with Crippen LogP contribution in [0, 0.1) is 36.1 Å². The highest BCUT2D eigenvalue weighted by atomic mass is 19.3. The minimum absolute atomic E-state index is 0.0934. The summed E-state index contributed by atoms with van der Waals surface area (Å²) in [4.78, 5) is 0. The molecule has 1 aliphatic carbocycles. The van der Waals surface area contributed by atoms with Crippen LogP contribution < -0.4 is 4.74 Å². The van der Waals surface area contributed by atoms with Gasteiger partial charge < -0.3 is 4.74 Å². The van der Waals surface area contributed by atoms with E-state index in [1.54, 1.807) is 0 Å². The number of benzene rings is 2. The van der Waals surface area contributed by atoms with Crippen molar-refractivity contribution in [3.63, 3.8) is 0 Å². The average molecular weight is 402 g/mol. The zero-order valence-electron chi connectivity index (χ0n) is 15.5. The van der Waals surface area contributed by atoms with Crippen molar-refractivity contribution in [3.05, 3.63) is 64.2 Å². The lowest BCUT2D eigenvalue weighted by atomic mass is 9.79. The zero-order chi connectivity index (χ0) is 20.6. The number of ether oxygens (including phenoxy) is 1. The lowest BCUT2D eigenvalue weighted by Gasteiger charge is -2.27. The number of alkyl halides is 2. The van der Waals surface area contributed by atoms with E-state index in [4.69, 9.17) is 0 Å². The molecule has 0 heterocycles. The SMILES string of the molecule is Cc1c(F)cc(OC(F)(F)c2c(F)cc(C3CCC(C)CC3)cc2F)cc1F. The van der Waals surface area contributed by atoms with E-state index in [1.807, 2.05) is 0 Å². The maximum absolute atomic E-state index is 14.4. The molecule has 0 unspecified atom stereocenters. The van der Waals surface area contributed by atoms with Crippen LogP contribution >= 0.6 is 0 Å². The minimum Gasteiger partial charge on any atom is -0.429 e. The molecule has 2 aromatic rings. The molecule has 0 spiro atoms. The third-order valence-electron chi connectivity index (χ3n) is 5.34. The van der Waals surface area contributed by atoms with Gasteiger partial charge in [0.25, 0.3) is 0 Å². The number of hydrogen-bond acceptors (Lipinski definition) is 1. The maximum Gasteiger partial charge on any atom is 0.432 e. The zero-order valence-corrected chi connectivity index (χ0v) is 15.5. The molecule has 7 heteroatoms. The van der Waals surface area contributed by atoms with Crippen LogP contribution in [-0.4, -0.2) is 0 Å². The van der Waals surface area contributed by atoms with Crippen LogP contribution in [0.15, 0.2) is 24.3 Å². The monoisotopic (exact) mass is 402 g/mol. The second-order valence-corrected chi connectivity index (χ2v) is 7.45. The Balaban J connectivity index is 1.89. The van der Waals surface area contributed by atoms with Crippen molar-refractivity contribution in [2.45, 2.75) is 51.6 Å². The van der Waals surface area contributed by atoms with E-state index < -0.39 is 40.7 Å². The first-order chi connectivity index (χ1) is 13.1. The molecule has 1 aliphatic rings. The minimum atomic E-state index is -4.44. The average Bonchev–Trinajstić information content (AvgIpc) is 2.59. The standard InChI is InChI=1S/C21H20F6O/c1-11-3-5-13(6-4-11)14-7-18(24)20(19(25)8-14)21(26,27)28-15-9-16(22)12(2)17(23)10-15/h7-11,13H,3-6H2,1-2H3. The number of rotatable bonds is 4. The van der Waals surface area contributed by atoms with Gasteiger partial charge in [0.1, 0.15) is 34.6 Å². The maximum atomic E-state index is 14.4. The van der Waals surface area contributed by atoms with Gasteiger partial charge in [-0.2, -0.15) is 8.78 Å². The Morgan fingerprint density at radius 3 is 1.82 bits per heavy atom. The van der Waals surface area contributed by atoms with Crippen LogP contribution in [0.5, 0.6) is 5.75 Å². The summed E-state index contributed by atoms with van der Waals surface area (Å²) >= 11 is 0. The van der Waals surface area contributed by atoms with Crippen molar-refractivity contribution in [1.29, 1.82) is 0 Å². The summed E-state index contributed by atoms with van der Waals surface area (Å²) in [6.07, 6.45) is -1.18. The van der Waals surface area contributed by atoms with Crippen LogP contribution in [0.25, 0.3) is 0 Å². The highest BCUT2D eigenvalue weighted by Crippen LogP contribution is 2.40. The van der Waals surface area contributed by atoms with E-state index in [0.29, 0.717) is 23.6 Å². The highest BCUT2D eigenvalue weighted by molar-refractivity contribution is 5.34. The predicted molar refractivity (Wildman–Crippen MR) is 92.3 cm³/mol. The first-order valence-corrected chi connectivity index (χ1v) is 9.10. The van der Waals surface area contributed by atoms with Gasteiger partial charge in [0.05, 0.1) is 0 Å². The van der Waals surface area contributed by atoms with Crippen molar-refractivity contribution in [2.75, 3.05) is 0 Å². The summed E-state index contributed by atoms with van der Waals surface area (Å²) < 4.78 is 89.0. The normalized spacial score (nSPS) is 20.3. The lowest BCUT2D eigenvalue weighted by molar-refractivity contribution is -0.189. The molecule has 0 amide bonds. The van der Waals surface area contributed by atoms with Crippen molar-refractivity contribution >= 4 is 0 Å². The van der Waals surface area contributed by atoms with E-state index in [9.17, 15) is 26.3 Å². The summed E-state index contributed by atoms with van der Waals surface area (Å²) in [7, 11) is 0. The van der Waals surface area contributed by atoms with Gasteiger partial charge in [-0.3, -0.25) is 0 Å². The quantitative estimate of drug-likeness (QED) is 0.502. The number of hydrogen-bond donors (Lipinski definition) is 0. The second kappa shape index (κ2) is 7.68. The molecule has 0 radical (unpaired) electrons. The van der Waals surface area contributed by atoms with Gasteiger partial charge in [0.15, 0.2) is 0 Å². The van der Waals surface area contributed by atoms with Crippen molar-refractivity contribution in [3.8, 4) is 5.75 Å². The first-order valence-electron chi connectivity index (χ1n) is 9.10. The van der Waals surface area contributed by atoms with E-state index in [0.717, 1.165) is 44.7 Å². The summed E-state index contributed by atoms with van der Waals surface area (Å²) in [5, 5.41) is 0. The predicted octanol–water partition coefficient (Wildman–Crippen LogP) is 6.97. The molecule has 2 aromatic carbocycles. The van der Waals surface area contributed by atoms with Crippen molar-refractivity contribution in [2.24, 2.45) is 5.92 Å². The molecule has 1 saturated carbocycles. The number of halogens is 6. The van der Waals surface area contributed by atoms with Crippen LogP contribution in [0.3, 0.4) is 0 Å². The van der Waals surface area contributed by atoms with E-state index in [-0.39, 0.29) is 11.5 Å². The Hall–Kier alpha value is -2.18. The van der Waals surface area contributed by atoms with Crippen molar-refractivity contribution in [1.82, 2.24) is 0 Å². The highest BCUT2D eigenvalue weighted by Gasteiger charge is 2.41. The Morgan fingerprint density at radius 1 is 0.821 bits per heavy atom. The molecular weight excluding hydrogens is 382 g/mol. The van der Waals surface area contributed by atoms with Crippen LogP contribution in [-0.2, 0) is 6.11 Å². The van der Waals surface area contributed by atoms with Gasteiger partial charge >= 0.3 is 6.11 Å². The summed E-state index contributed by atoms with van der Waals surface area (Å²) in [5.74, 6) is -5.54. The van der Waals surface area contributed by atoms with E-state index in [2.05, 4.69) is 11.7 Å². The largest absolute Gasteiger partial charge is 0.432 e. The molecule has 0 atom stereocenters. The molecule has 0 N–H and O–H groups in total. The summed E-state index contributed by atoms with van der Waals surface area (Å²) in [6.45, 7) is 3.21. The van der Waals surface area contributed by atoms with Gasteiger partial charge in [0, 0.05) is 17.7 Å². The van der Waals surface area contributed by atoms with E-state index in [1.165, 1.54) is 0 Å².